The number of carbonyl (C=O) groups is 1. The maximum Gasteiger partial charge on any atom is 0.244 e. The lowest BCUT2D eigenvalue weighted by Crippen LogP contribution is -2.21. The molecule has 0 aromatic heterocycles. The zero-order chi connectivity index (χ0) is 19.5. The molecule has 0 heterocycles. The van der Waals surface area contributed by atoms with Crippen molar-refractivity contribution in [2.45, 2.75) is 39.0 Å². The van der Waals surface area contributed by atoms with Gasteiger partial charge in [0, 0.05) is 4.47 Å². The lowest BCUT2D eigenvalue weighted by atomic mass is 9.90. The Morgan fingerprint density at radius 3 is 2.57 bits per heavy atom. The quantitative estimate of drug-likeness (QED) is 0.423. The van der Waals surface area contributed by atoms with Gasteiger partial charge in [0.2, 0.25) is 5.91 Å². The van der Waals surface area contributed by atoms with E-state index in [9.17, 15) is 4.79 Å². The molecule has 0 saturated heterocycles. The maximum atomic E-state index is 12.5. The molecule has 3 nitrogen and oxygen atoms in total. The second-order valence-corrected chi connectivity index (χ2v) is 8.21. The molecule has 1 aliphatic rings. The molecule has 1 aliphatic carbocycles. The third-order valence-corrected chi connectivity index (χ3v) is 6.12. The summed E-state index contributed by atoms with van der Waals surface area (Å²) in [6.07, 6.45) is 5.14. The predicted molar refractivity (Wildman–Crippen MR) is 119 cm³/mol. The number of rotatable bonds is 4. The van der Waals surface area contributed by atoms with Gasteiger partial charge in [0.25, 0.3) is 0 Å². The number of hydrazone groups is 1. The minimum Gasteiger partial charge on any atom is -0.273 e. The second-order valence-electron chi connectivity index (χ2n) is 7.35. The van der Waals surface area contributed by atoms with Gasteiger partial charge >= 0.3 is 0 Å². The Morgan fingerprint density at radius 1 is 1.00 bits per heavy atom. The highest BCUT2D eigenvalue weighted by molar-refractivity contribution is 9.10. The predicted octanol–water partition coefficient (Wildman–Crippen LogP) is 5.56. The molecule has 0 aliphatic heterocycles. The van der Waals surface area contributed by atoms with Gasteiger partial charge in [-0.15, -0.1) is 0 Å². The Morgan fingerprint density at radius 2 is 1.75 bits per heavy atom. The molecule has 0 bridgehead atoms. The highest BCUT2D eigenvalue weighted by Crippen LogP contribution is 2.27. The van der Waals surface area contributed by atoms with E-state index in [1.807, 2.05) is 37.3 Å². The summed E-state index contributed by atoms with van der Waals surface area (Å²) in [6.45, 7) is 1.94. The minimum atomic E-state index is -0.107. The minimum absolute atomic E-state index is 0.107. The molecule has 3 aromatic rings. The fourth-order valence-electron chi connectivity index (χ4n) is 3.86. The fraction of sp³-hybridized carbons (Fsp3) is 0.250. The zero-order valence-corrected chi connectivity index (χ0v) is 17.6. The largest absolute Gasteiger partial charge is 0.273 e. The monoisotopic (exact) mass is 434 g/mol. The van der Waals surface area contributed by atoms with E-state index in [0.29, 0.717) is 6.42 Å². The average Bonchev–Trinajstić information content (AvgIpc) is 2.74. The molecule has 4 rings (SSSR count). The molecule has 0 saturated carbocycles. The maximum absolute atomic E-state index is 12.5. The first-order chi connectivity index (χ1) is 13.6. The van der Waals surface area contributed by atoms with E-state index in [1.54, 1.807) is 0 Å². The van der Waals surface area contributed by atoms with Crippen LogP contribution < -0.4 is 5.43 Å². The Kier molecular flexibility index (Phi) is 5.58. The van der Waals surface area contributed by atoms with E-state index in [2.05, 4.69) is 50.7 Å². The number of fused-ring (bicyclic) bond motifs is 2. The van der Waals surface area contributed by atoms with Gasteiger partial charge in [-0.1, -0.05) is 58.4 Å². The van der Waals surface area contributed by atoms with E-state index >= 15 is 0 Å². The van der Waals surface area contributed by atoms with Crippen LogP contribution >= 0.6 is 15.9 Å². The van der Waals surface area contributed by atoms with E-state index in [0.717, 1.165) is 38.5 Å². The van der Waals surface area contributed by atoms with Crippen molar-refractivity contribution < 1.29 is 4.79 Å². The normalized spacial score (nSPS) is 14.0. The summed E-state index contributed by atoms with van der Waals surface area (Å²) in [6, 6.07) is 18.6. The molecule has 28 heavy (non-hydrogen) atoms. The van der Waals surface area contributed by atoms with E-state index in [-0.39, 0.29) is 5.91 Å². The van der Waals surface area contributed by atoms with E-state index < -0.39 is 0 Å². The van der Waals surface area contributed by atoms with Gasteiger partial charge in [-0.05, 0) is 77.8 Å². The number of nitrogens with zero attached hydrogens (tertiary/aromatic N) is 1. The van der Waals surface area contributed by atoms with Crippen LogP contribution in [0.25, 0.3) is 10.8 Å². The van der Waals surface area contributed by atoms with Crippen LogP contribution in [0.1, 0.15) is 42.0 Å². The molecule has 1 amide bonds. The number of hydrogen-bond acceptors (Lipinski definition) is 2. The van der Waals surface area contributed by atoms with Crippen LogP contribution in [-0.4, -0.2) is 11.6 Å². The highest BCUT2D eigenvalue weighted by Gasteiger charge is 2.11. The van der Waals surface area contributed by atoms with E-state index in [1.165, 1.54) is 30.4 Å². The van der Waals surface area contributed by atoms with Gasteiger partial charge in [-0.2, -0.15) is 5.10 Å². The van der Waals surface area contributed by atoms with Crippen LogP contribution in [0.2, 0.25) is 0 Å². The molecular formula is C24H23BrN2O. The standard InChI is InChI=1S/C24H23BrN2O/c1-16(18-11-10-17-6-2-3-7-19(17)14-18)26-27-24(28)15-20-12-13-23(25)22-9-5-4-8-21(20)22/h4-5,8-14H,2-3,6-7,15H2,1H3,(H,27,28)/b26-16+. The molecule has 1 N–H and O–H groups in total. The first-order valence-electron chi connectivity index (χ1n) is 9.73. The van der Waals surface area contributed by atoms with Crippen LogP contribution in [0.3, 0.4) is 0 Å². The van der Waals surface area contributed by atoms with Crippen LogP contribution in [-0.2, 0) is 24.1 Å². The van der Waals surface area contributed by atoms with Crippen molar-refractivity contribution in [3.63, 3.8) is 0 Å². The van der Waals surface area contributed by atoms with Crippen LogP contribution in [0.5, 0.6) is 0 Å². The molecule has 142 valence electrons. The van der Waals surface area contributed by atoms with Gasteiger partial charge < -0.3 is 0 Å². The number of hydrogen-bond donors (Lipinski definition) is 1. The number of nitrogens with one attached hydrogen (secondary N) is 1. The summed E-state index contributed by atoms with van der Waals surface area (Å²) in [7, 11) is 0. The first kappa shape index (κ1) is 18.9. The van der Waals surface area contributed by atoms with E-state index in [4.69, 9.17) is 0 Å². The first-order valence-corrected chi connectivity index (χ1v) is 10.5. The van der Waals surface area contributed by atoms with Gasteiger partial charge in [-0.25, -0.2) is 5.43 Å². The van der Waals surface area contributed by atoms with Gasteiger partial charge in [-0.3, -0.25) is 4.79 Å². The lowest BCUT2D eigenvalue weighted by molar-refractivity contribution is -0.120. The fourth-order valence-corrected chi connectivity index (χ4v) is 4.34. The topological polar surface area (TPSA) is 41.5 Å². The Hall–Kier alpha value is -2.46. The van der Waals surface area contributed by atoms with Crippen molar-refractivity contribution in [2.24, 2.45) is 5.10 Å². The van der Waals surface area contributed by atoms with Crippen molar-refractivity contribution in [1.82, 2.24) is 5.43 Å². The number of halogens is 1. The molecular weight excluding hydrogens is 412 g/mol. The average molecular weight is 435 g/mol. The van der Waals surface area contributed by atoms with Crippen molar-refractivity contribution in [1.29, 1.82) is 0 Å². The number of amides is 1. The van der Waals surface area contributed by atoms with Crippen molar-refractivity contribution in [3.05, 3.63) is 81.3 Å². The smallest absolute Gasteiger partial charge is 0.244 e. The Bertz CT molecular complexity index is 1070. The third-order valence-electron chi connectivity index (χ3n) is 5.43. The summed E-state index contributed by atoms with van der Waals surface area (Å²) in [4.78, 5) is 12.5. The van der Waals surface area contributed by atoms with Gasteiger partial charge in [0.15, 0.2) is 0 Å². The molecule has 0 fully saturated rings. The molecule has 0 radical (unpaired) electrons. The van der Waals surface area contributed by atoms with Crippen molar-refractivity contribution >= 4 is 38.3 Å². The van der Waals surface area contributed by atoms with Gasteiger partial charge in [0.1, 0.15) is 0 Å². The molecule has 0 atom stereocenters. The molecule has 0 spiro atoms. The summed E-state index contributed by atoms with van der Waals surface area (Å²) >= 11 is 3.58. The van der Waals surface area contributed by atoms with Crippen molar-refractivity contribution in [2.75, 3.05) is 0 Å². The highest BCUT2D eigenvalue weighted by atomic mass is 79.9. The zero-order valence-electron chi connectivity index (χ0n) is 16.0. The Balaban J connectivity index is 1.48. The number of aryl methyl sites for hydroxylation is 2. The molecule has 4 heteroatoms. The van der Waals surface area contributed by atoms with Crippen LogP contribution in [0.4, 0.5) is 0 Å². The summed E-state index contributed by atoms with van der Waals surface area (Å²) in [5, 5.41) is 6.54. The molecule has 3 aromatic carbocycles. The lowest BCUT2D eigenvalue weighted by Gasteiger charge is -2.16. The summed E-state index contributed by atoms with van der Waals surface area (Å²) in [5.74, 6) is -0.107. The van der Waals surface area contributed by atoms with Crippen LogP contribution in [0, 0.1) is 0 Å². The second kappa shape index (κ2) is 8.27. The van der Waals surface area contributed by atoms with Crippen LogP contribution in [0.15, 0.2) is 64.2 Å². The SMILES string of the molecule is C/C(=N\NC(=O)Cc1ccc(Br)c2ccccc12)c1ccc2c(c1)CCCC2. The number of carbonyl (C=O) groups excluding carboxylic acids is 1. The molecule has 0 unspecified atom stereocenters. The Labute approximate surface area is 174 Å². The number of benzene rings is 3. The third kappa shape index (κ3) is 4.02. The van der Waals surface area contributed by atoms with Gasteiger partial charge in [0.05, 0.1) is 12.1 Å². The van der Waals surface area contributed by atoms with Crippen molar-refractivity contribution in [3.8, 4) is 0 Å². The summed E-state index contributed by atoms with van der Waals surface area (Å²) < 4.78 is 1.04. The summed E-state index contributed by atoms with van der Waals surface area (Å²) in [5.41, 5.74) is 8.51.